The Bertz CT molecular complexity index is 786. The quantitative estimate of drug-likeness (QED) is 0.812. The van der Waals surface area contributed by atoms with Crippen LogP contribution in [0.1, 0.15) is 32.1 Å². The molecule has 0 radical (unpaired) electrons. The second kappa shape index (κ2) is 8.22. The molecule has 1 heterocycles. The highest BCUT2D eigenvalue weighted by molar-refractivity contribution is 6.33. The first-order valence-electron chi connectivity index (χ1n) is 9.87. The van der Waals surface area contributed by atoms with Gasteiger partial charge in [0.05, 0.1) is 17.3 Å². The highest BCUT2D eigenvalue weighted by Crippen LogP contribution is 2.28. The van der Waals surface area contributed by atoms with E-state index in [1.165, 1.54) is 37.8 Å². The van der Waals surface area contributed by atoms with E-state index in [4.69, 9.17) is 11.6 Å². The monoisotopic (exact) mass is 383 g/mol. The fourth-order valence-electron chi connectivity index (χ4n) is 4.07. The number of nitrogens with one attached hydrogen (secondary N) is 1. The summed E-state index contributed by atoms with van der Waals surface area (Å²) in [7, 11) is 0. The molecule has 1 aliphatic carbocycles. The average molecular weight is 384 g/mol. The Morgan fingerprint density at radius 3 is 2.37 bits per heavy atom. The minimum Gasteiger partial charge on any atom is -0.382 e. The van der Waals surface area contributed by atoms with Gasteiger partial charge in [-0.15, -0.1) is 0 Å². The van der Waals surface area contributed by atoms with Crippen molar-refractivity contribution in [3.63, 3.8) is 0 Å². The van der Waals surface area contributed by atoms with Crippen LogP contribution in [0.25, 0.3) is 0 Å². The Morgan fingerprint density at radius 2 is 1.67 bits per heavy atom. The molecule has 0 unspecified atom stereocenters. The maximum atomic E-state index is 12.7. The van der Waals surface area contributed by atoms with E-state index in [-0.39, 0.29) is 5.91 Å². The van der Waals surface area contributed by atoms with Gasteiger partial charge in [-0.25, -0.2) is 0 Å². The minimum absolute atomic E-state index is 0.0822. The molecule has 1 aliphatic heterocycles. The second-order valence-electron chi connectivity index (χ2n) is 7.44. The van der Waals surface area contributed by atoms with Gasteiger partial charge in [-0.3, -0.25) is 4.79 Å². The number of amides is 1. The summed E-state index contributed by atoms with van der Waals surface area (Å²) in [6.45, 7) is 1.82. The summed E-state index contributed by atoms with van der Waals surface area (Å²) in [5.74, 6) is 0.0822. The van der Waals surface area contributed by atoms with Gasteiger partial charge >= 0.3 is 0 Å². The number of anilines is 3. The van der Waals surface area contributed by atoms with Crippen molar-refractivity contribution in [1.82, 2.24) is 0 Å². The molecule has 1 saturated carbocycles. The number of nitrogens with zero attached hydrogens (tertiary/aromatic N) is 2. The molecular weight excluding hydrogens is 358 g/mol. The van der Waals surface area contributed by atoms with Crippen LogP contribution in [-0.4, -0.2) is 31.6 Å². The Kier molecular flexibility index (Phi) is 5.53. The number of piperazine rings is 1. The lowest BCUT2D eigenvalue weighted by Gasteiger charge is -2.36. The van der Waals surface area contributed by atoms with Crippen molar-refractivity contribution in [2.45, 2.75) is 38.1 Å². The number of hydrogen-bond acceptors (Lipinski definition) is 3. The lowest BCUT2D eigenvalue weighted by atomic mass is 9.95. The topological polar surface area (TPSA) is 35.6 Å². The largest absolute Gasteiger partial charge is 0.382 e. The molecule has 27 heavy (non-hydrogen) atoms. The lowest BCUT2D eigenvalue weighted by molar-refractivity contribution is -0.117. The zero-order valence-corrected chi connectivity index (χ0v) is 16.3. The van der Waals surface area contributed by atoms with Crippen LogP contribution in [0.4, 0.5) is 17.1 Å². The molecule has 2 aromatic rings. The number of hydrogen-bond donors (Lipinski definition) is 1. The molecular formula is C22H26ClN3O. The molecule has 0 atom stereocenters. The van der Waals surface area contributed by atoms with Gasteiger partial charge in [0.2, 0.25) is 5.91 Å². The lowest BCUT2D eigenvalue weighted by Crippen LogP contribution is -2.50. The third-order valence-electron chi connectivity index (χ3n) is 5.57. The smallest absolute Gasteiger partial charge is 0.246 e. The SMILES string of the molecule is O=C1CN(c2ccc(NC3CCCCC3)cc2)CCN1c1ccccc1Cl. The zero-order valence-electron chi connectivity index (χ0n) is 15.5. The maximum absolute atomic E-state index is 12.7. The fraction of sp³-hybridized carbons (Fsp3) is 0.409. The van der Waals surface area contributed by atoms with Crippen LogP contribution >= 0.6 is 11.6 Å². The van der Waals surface area contributed by atoms with E-state index in [1.807, 2.05) is 24.3 Å². The molecule has 0 bridgehead atoms. The van der Waals surface area contributed by atoms with Crippen LogP contribution in [0.3, 0.4) is 0 Å². The molecule has 1 amide bonds. The molecule has 2 fully saturated rings. The van der Waals surface area contributed by atoms with Gasteiger partial charge in [0.15, 0.2) is 0 Å². The summed E-state index contributed by atoms with van der Waals surface area (Å²) in [4.78, 5) is 16.6. The van der Waals surface area contributed by atoms with E-state index in [2.05, 4.69) is 34.5 Å². The van der Waals surface area contributed by atoms with Gasteiger partial charge in [-0.1, -0.05) is 43.0 Å². The molecule has 1 saturated heterocycles. The predicted molar refractivity (Wildman–Crippen MR) is 113 cm³/mol. The van der Waals surface area contributed by atoms with Crippen molar-refractivity contribution in [2.75, 3.05) is 34.8 Å². The van der Waals surface area contributed by atoms with Gasteiger partial charge in [0, 0.05) is 30.5 Å². The number of carbonyl (C=O) groups excluding carboxylic acids is 1. The first kappa shape index (κ1) is 18.2. The van der Waals surface area contributed by atoms with Crippen molar-refractivity contribution in [3.8, 4) is 0 Å². The van der Waals surface area contributed by atoms with Gasteiger partial charge in [-0.05, 0) is 49.2 Å². The van der Waals surface area contributed by atoms with E-state index in [1.54, 1.807) is 4.90 Å². The first-order valence-corrected chi connectivity index (χ1v) is 10.2. The van der Waals surface area contributed by atoms with E-state index >= 15 is 0 Å². The molecule has 2 aliphatic rings. The molecule has 1 N–H and O–H groups in total. The predicted octanol–water partition coefficient (Wildman–Crippen LogP) is 4.94. The Balaban J connectivity index is 1.38. The van der Waals surface area contributed by atoms with Gasteiger partial charge < -0.3 is 15.1 Å². The van der Waals surface area contributed by atoms with E-state index in [0.29, 0.717) is 24.2 Å². The van der Waals surface area contributed by atoms with Crippen molar-refractivity contribution in [3.05, 3.63) is 53.6 Å². The van der Waals surface area contributed by atoms with Crippen molar-refractivity contribution >= 4 is 34.6 Å². The summed E-state index contributed by atoms with van der Waals surface area (Å²) in [6.07, 6.45) is 6.55. The normalized spacial score (nSPS) is 18.6. The summed E-state index contributed by atoms with van der Waals surface area (Å²) in [5, 5.41) is 4.27. The second-order valence-corrected chi connectivity index (χ2v) is 7.85. The number of benzene rings is 2. The minimum atomic E-state index is 0.0822. The highest BCUT2D eigenvalue weighted by atomic mass is 35.5. The van der Waals surface area contributed by atoms with Crippen LogP contribution in [0.15, 0.2) is 48.5 Å². The summed E-state index contributed by atoms with van der Waals surface area (Å²) in [6, 6.07) is 16.6. The number of halogens is 1. The molecule has 2 aromatic carbocycles. The van der Waals surface area contributed by atoms with Gasteiger partial charge in [0.1, 0.15) is 0 Å². The van der Waals surface area contributed by atoms with Crippen molar-refractivity contribution < 1.29 is 4.79 Å². The summed E-state index contributed by atoms with van der Waals surface area (Å²) in [5.41, 5.74) is 3.07. The number of para-hydroxylation sites is 1. The summed E-state index contributed by atoms with van der Waals surface area (Å²) >= 11 is 6.26. The standard InChI is InChI=1S/C22H26ClN3O/c23-20-8-4-5-9-21(20)26-15-14-25(16-22(26)27)19-12-10-18(11-13-19)24-17-6-2-1-3-7-17/h4-5,8-13,17,24H,1-3,6-7,14-16H2. The molecule has 4 nitrogen and oxygen atoms in total. The fourth-order valence-corrected chi connectivity index (χ4v) is 4.31. The van der Waals surface area contributed by atoms with Crippen molar-refractivity contribution in [2.24, 2.45) is 0 Å². The molecule has 5 heteroatoms. The van der Waals surface area contributed by atoms with E-state index < -0.39 is 0 Å². The maximum Gasteiger partial charge on any atom is 0.246 e. The summed E-state index contributed by atoms with van der Waals surface area (Å²) < 4.78 is 0. The third kappa shape index (κ3) is 4.22. The Morgan fingerprint density at radius 1 is 0.926 bits per heavy atom. The van der Waals surface area contributed by atoms with Crippen LogP contribution in [0.5, 0.6) is 0 Å². The molecule has 142 valence electrons. The van der Waals surface area contributed by atoms with Crippen LogP contribution in [0, 0.1) is 0 Å². The van der Waals surface area contributed by atoms with Gasteiger partial charge in [-0.2, -0.15) is 0 Å². The number of carbonyl (C=O) groups is 1. The van der Waals surface area contributed by atoms with Crippen LogP contribution in [-0.2, 0) is 4.79 Å². The Labute approximate surface area is 166 Å². The zero-order chi connectivity index (χ0) is 18.6. The van der Waals surface area contributed by atoms with Crippen LogP contribution < -0.4 is 15.1 Å². The third-order valence-corrected chi connectivity index (χ3v) is 5.89. The molecule has 0 aromatic heterocycles. The average Bonchev–Trinajstić information content (AvgIpc) is 2.70. The first-order chi connectivity index (χ1) is 13.2. The highest BCUT2D eigenvalue weighted by Gasteiger charge is 2.26. The molecule has 4 rings (SSSR count). The van der Waals surface area contributed by atoms with Crippen molar-refractivity contribution in [1.29, 1.82) is 0 Å². The van der Waals surface area contributed by atoms with E-state index in [9.17, 15) is 4.79 Å². The van der Waals surface area contributed by atoms with E-state index in [0.717, 1.165) is 17.9 Å². The van der Waals surface area contributed by atoms with Gasteiger partial charge in [0.25, 0.3) is 0 Å². The number of rotatable bonds is 4. The van der Waals surface area contributed by atoms with Crippen LogP contribution in [0.2, 0.25) is 5.02 Å². The Hall–Kier alpha value is -2.20. The molecule has 0 spiro atoms.